The fraction of sp³-hybridized carbons (Fsp3) is 0.923. The van der Waals surface area contributed by atoms with E-state index in [1.165, 1.54) is 0 Å². The van der Waals surface area contributed by atoms with Gasteiger partial charge in [-0.15, -0.1) is 0 Å². The maximum Gasteiger partial charge on any atom is 0.237 e. The van der Waals surface area contributed by atoms with Gasteiger partial charge in [0.1, 0.15) is 0 Å². The summed E-state index contributed by atoms with van der Waals surface area (Å²) < 4.78 is 0. The van der Waals surface area contributed by atoms with Gasteiger partial charge in [0.2, 0.25) is 5.91 Å². The molecule has 0 spiro atoms. The van der Waals surface area contributed by atoms with Crippen LogP contribution < -0.4 is 11.1 Å². The first-order valence-electron chi connectivity index (χ1n) is 6.24. The van der Waals surface area contributed by atoms with E-state index in [4.69, 9.17) is 10.8 Å². The summed E-state index contributed by atoms with van der Waals surface area (Å²) in [5, 5.41) is 11.7. The van der Waals surface area contributed by atoms with E-state index in [0.717, 1.165) is 12.8 Å². The molecule has 0 fully saturated rings. The molecule has 0 aliphatic carbocycles. The van der Waals surface area contributed by atoms with Crippen molar-refractivity contribution in [1.29, 1.82) is 0 Å². The van der Waals surface area contributed by atoms with Gasteiger partial charge in [0, 0.05) is 13.2 Å². The Morgan fingerprint density at radius 3 is 2.24 bits per heavy atom. The Morgan fingerprint density at radius 1 is 1.29 bits per heavy atom. The summed E-state index contributed by atoms with van der Waals surface area (Å²) in [4.78, 5) is 11.8. The van der Waals surface area contributed by atoms with Gasteiger partial charge in [0.15, 0.2) is 0 Å². The van der Waals surface area contributed by atoms with Crippen LogP contribution in [0.5, 0.6) is 0 Å². The first-order chi connectivity index (χ1) is 7.60. The summed E-state index contributed by atoms with van der Waals surface area (Å²) in [7, 11) is 0. The van der Waals surface area contributed by atoms with Gasteiger partial charge in [-0.2, -0.15) is 0 Å². The normalized spacial score (nSPS) is 14.5. The highest BCUT2D eigenvalue weighted by atomic mass is 16.2. The fourth-order valence-electron chi connectivity index (χ4n) is 1.48. The number of aliphatic hydroxyl groups is 1. The number of nitrogens with two attached hydrogens (primary N) is 1. The van der Waals surface area contributed by atoms with Gasteiger partial charge in [-0.3, -0.25) is 4.79 Å². The van der Waals surface area contributed by atoms with Crippen LogP contribution in [0.3, 0.4) is 0 Å². The molecule has 102 valence electrons. The third-order valence-electron chi connectivity index (χ3n) is 2.97. The van der Waals surface area contributed by atoms with E-state index in [0.29, 0.717) is 6.54 Å². The number of aliphatic hydroxyl groups excluding tert-OH is 1. The average Bonchev–Trinajstić information content (AvgIpc) is 2.21. The Morgan fingerprint density at radius 2 is 1.82 bits per heavy atom. The second-order valence-corrected chi connectivity index (χ2v) is 6.55. The molecule has 0 heterocycles. The molecule has 0 rings (SSSR count). The zero-order valence-electron chi connectivity index (χ0n) is 11.8. The van der Waals surface area contributed by atoms with Crippen molar-refractivity contribution in [1.82, 2.24) is 5.32 Å². The van der Waals surface area contributed by atoms with Crippen LogP contribution in [0.1, 0.15) is 47.5 Å². The number of hydrogen-bond donors (Lipinski definition) is 3. The van der Waals surface area contributed by atoms with Crippen molar-refractivity contribution in [3.8, 4) is 0 Å². The molecule has 4 N–H and O–H groups in total. The SMILES string of the molecule is CC(C)(CCCO)CNC(=O)C(N)C(C)(C)C. The minimum absolute atomic E-state index is 0.00397. The summed E-state index contributed by atoms with van der Waals surface area (Å²) >= 11 is 0. The Kier molecular flexibility index (Phi) is 6.13. The minimum Gasteiger partial charge on any atom is -0.396 e. The smallest absolute Gasteiger partial charge is 0.237 e. The summed E-state index contributed by atoms with van der Waals surface area (Å²) in [6.07, 6.45) is 1.64. The van der Waals surface area contributed by atoms with Crippen molar-refractivity contribution in [2.75, 3.05) is 13.2 Å². The van der Waals surface area contributed by atoms with Gasteiger partial charge in [0.05, 0.1) is 6.04 Å². The Bertz CT molecular complexity index is 244. The molecule has 0 aliphatic rings. The molecule has 0 radical (unpaired) electrons. The lowest BCUT2D eigenvalue weighted by Gasteiger charge is -2.29. The largest absolute Gasteiger partial charge is 0.396 e. The Balaban J connectivity index is 4.15. The van der Waals surface area contributed by atoms with Gasteiger partial charge in [-0.25, -0.2) is 0 Å². The number of carbonyl (C=O) groups excluding carboxylic acids is 1. The highest BCUT2D eigenvalue weighted by molar-refractivity contribution is 5.82. The summed E-state index contributed by atoms with van der Waals surface area (Å²) in [5.74, 6) is -0.102. The molecule has 0 aromatic carbocycles. The van der Waals surface area contributed by atoms with Crippen molar-refractivity contribution in [2.24, 2.45) is 16.6 Å². The molecular formula is C13H28N2O2. The fourth-order valence-corrected chi connectivity index (χ4v) is 1.48. The molecule has 1 atom stereocenters. The van der Waals surface area contributed by atoms with Crippen LogP contribution in [0, 0.1) is 10.8 Å². The lowest BCUT2D eigenvalue weighted by atomic mass is 9.85. The Hall–Kier alpha value is -0.610. The zero-order chi connectivity index (χ0) is 13.7. The quantitative estimate of drug-likeness (QED) is 0.658. The molecule has 0 aliphatic heterocycles. The van der Waals surface area contributed by atoms with Crippen LogP contribution in [-0.2, 0) is 4.79 Å². The molecule has 0 aromatic rings. The van der Waals surface area contributed by atoms with E-state index in [1.807, 2.05) is 20.8 Å². The zero-order valence-corrected chi connectivity index (χ0v) is 11.8. The monoisotopic (exact) mass is 244 g/mol. The van der Waals surface area contributed by atoms with Gasteiger partial charge in [0.25, 0.3) is 0 Å². The second-order valence-electron chi connectivity index (χ2n) is 6.55. The first kappa shape index (κ1) is 16.4. The molecule has 4 nitrogen and oxygen atoms in total. The van der Waals surface area contributed by atoms with E-state index in [-0.39, 0.29) is 23.3 Å². The van der Waals surface area contributed by atoms with E-state index >= 15 is 0 Å². The van der Waals surface area contributed by atoms with Crippen LogP contribution in [0.15, 0.2) is 0 Å². The predicted molar refractivity (Wildman–Crippen MR) is 70.5 cm³/mol. The molecule has 1 amide bonds. The van der Waals surface area contributed by atoms with Gasteiger partial charge >= 0.3 is 0 Å². The number of hydrogen-bond acceptors (Lipinski definition) is 3. The highest BCUT2D eigenvalue weighted by Gasteiger charge is 2.28. The first-order valence-corrected chi connectivity index (χ1v) is 6.24. The molecule has 17 heavy (non-hydrogen) atoms. The molecular weight excluding hydrogens is 216 g/mol. The van der Waals surface area contributed by atoms with Crippen LogP contribution in [-0.4, -0.2) is 30.2 Å². The van der Waals surface area contributed by atoms with Crippen molar-refractivity contribution in [3.05, 3.63) is 0 Å². The second kappa shape index (κ2) is 6.36. The third-order valence-corrected chi connectivity index (χ3v) is 2.97. The summed E-state index contributed by atoms with van der Waals surface area (Å²) in [6, 6.07) is -0.490. The van der Waals surface area contributed by atoms with Crippen LogP contribution >= 0.6 is 0 Å². The molecule has 0 aromatic heterocycles. The molecule has 1 unspecified atom stereocenters. The Labute approximate surface area is 105 Å². The van der Waals surface area contributed by atoms with Crippen molar-refractivity contribution in [2.45, 2.75) is 53.5 Å². The van der Waals surface area contributed by atoms with Gasteiger partial charge in [-0.1, -0.05) is 34.6 Å². The average molecular weight is 244 g/mol. The molecule has 4 heteroatoms. The van der Waals surface area contributed by atoms with Crippen LogP contribution in [0.4, 0.5) is 0 Å². The standard InChI is InChI=1S/C13H28N2O2/c1-12(2,3)10(14)11(17)15-9-13(4,5)7-6-8-16/h10,16H,6-9,14H2,1-5H3,(H,15,17). The number of carbonyl (C=O) groups is 1. The lowest BCUT2D eigenvalue weighted by molar-refractivity contribution is -0.125. The lowest BCUT2D eigenvalue weighted by Crippen LogP contribution is -2.50. The number of nitrogens with one attached hydrogen (secondary N) is 1. The van der Waals surface area contributed by atoms with E-state index in [1.54, 1.807) is 0 Å². The number of amides is 1. The van der Waals surface area contributed by atoms with Crippen LogP contribution in [0.2, 0.25) is 0 Å². The number of rotatable bonds is 6. The molecule has 0 bridgehead atoms. The summed E-state index contributed by atoms with van der Waals surface area (Å²) in [5.41, 5.74) is 5.64. The highest BCUT2D eigenvalue weighted by Crippen LogP contribution is 2.22. The predicted octanol–water partition coefficient (Wildman–Crippen LogP) is 1.27. The van der Waals surface area contributed by atoms with E-state index in [9.17, 15) is 4.79 Å². The van der Waals surface area contributed by atoms with E-state index in [2.05, 4.69) is 19.2 Å². The van der Waals surface area contributed by atoms with Crippen LogP contribution in [0.25, 0.3) is 0 Å². The molecule has 0 saturated heterocycles. The summed E-state index contributed by atoms with van der Waals surface area (Å²) in [6.45, 7) is 10.8. The molecule has 0 saturated carbocycles. The van der Waals surface area contributed by atoms with Gasteiger partial charge < -0.3 is 16.2 Å². The maximum atomic E-state index is 11.8. The van der Waals surface area contributed by atoms with Crippen molar-refractivity contribution in [3.63, 3.8) is 0 Å². The van der Waals surface area contributed by atoms with Gasteiger partial charge in [-0.05, 0) is 23.7 Å². The minimum atomic E-state index is -0.490. The third kappa shape index (κ3) is 6.64. The topological polar surface area (TPSA) is 75.3 Å². The van der Waals surface area contributed by atoms with Crippen molar-refractivity contribution < 1.29 is 9.90 Å². The van der Waals surface area contributed by atoms with Crippen molar-refractivity contribution >= 4 is 5.91 Å². The maximum absolute atomic E-state index is 11.8. The van der Waals surface area contributed by atoms with E-state index < -0.39 is 6.04 Å².